The largest absolute Gasteiger partial charge is 0.142 e. The lowest BCUT2D eigenvalue weighted by Crippen LogP contribution is -1.90. The zero-order chi connectivity index (χ0) is 19.4. The van der Waals surface area contributed by atoms with E-state index in [4.69, 9.17) is 0 Å². The summed E-state index contributed by atoms with van der Waals surface area (Å²) < 4.78 is 0. The van der Waals surface area contributed by atoms with Gasteiger partial charge in [0.25, 0.3) is 0 Å². The van der Waals surface area contributed by atoms with Gasteiger partial charge in [0.2, 0.25) is 0 Å². The quantitative estimate of drug-likeness (QED) is 0.366. The minimum atomic E-state index is 0.848. The Morgan fingerprint density at radius 2 is 1.19 bits per heavy atom. The summed E-state index contributed by atoms with van der Waals surface area (Å²) in [7, 11) is 0. The van der Waals surface area contributed by atoms with Crippen molar-refractivity contribution in [2.75, 3.05) is 0 Å². The minimum absolute atomic E-state index is 0.848. The van der Waals surface area contributed by atoms with Crippen molar-refractivity contribution in [3.8, 4) is 23.7 Å². The Kier molecular flexibility index (Phi) is 5.75. The van der Waals surface area contributed by atoms with E-state index in [1.54, 1.807) is 0 Å². The van der Waals surface area contributed by atoms with E-state index in [9.17, 15) is 0 Å². The zero-order valence-corrected chi connectivity index (χ0v) is 17.0. The van der Waals surface area contributed by atoms with Crippen molar-refractivity contribution in [3.05, 3.63) is 99.1 Å². The summed E-state index contributed by atoms with van der Waals surface area (Å²) in [4.78, 5) is 0.848. The zero-order valence-electron chi connectivity index (χ0n) is 16.1. The predicted octanol–water partition coefficient (Wildman–Crippen LogP) is 6.01. The van der Waals surface area contributed by atoms with Gasteiger partial charge >= 0.3 is 0 Å². The van der Waals surface area contributed by atoms with Gasteiger partial charge in [0.05, 0.1) is 0 Å². The minimum Gasteiger partial charge on any atom is -0.142 e. The molecule has 3 aromatic rings. The van der Waals surface area contributed by atoms with Crippen molar-refractivity contribution in [2.24, 2.45) is 0 Å². The summed E-state index contributed by atoms with van der Waals surface area (Å²) in [6, 6.07) is 18.5. The van der Waals surface area contributed by atoms with Gasteiger partial charge in [-0.25, -0.2) is 0 Å². The Labute approximate surface area is 168 Å². The van der Waals surface area contributed by atoms with Crippen molar-refractivity contribution in [1.29, 1.82) is 0 Å². The van der Waals surface area contributed by atoms with E-state index in [1.165, 1.54) is 22.3 Å². The molecule has 0 aromatic heterocycles. The van der Waals surface area contributed by atoms with Crippen molar-refractivity contribution in [1.82, 2.24) is 0 Å². The first kappa shape index (κ1) is 18.9. The van der Waals surface area contributed by atoms with E-state index in [0.29, 0.717) is 0 Å². The summed E-state index contributed by atoms with van der Waals surface area (Å²) in [5.41, 5.74) is 8.88. The maximum absolute atomic E-state index is 4.61. The maximum atomic E-state index is 4.61. The van der Waals surface area contributed by atoms with Gasteiger partial charge in [-0.2, -0.15) is 0 Å². The molecule has 27 heavy (non-hydrogen) atoms. The van der Waals surface area contributed by atoms with E-state index < -0.39 is 0 Å². The second-order valence-electron chi connectivity index (χ2n) is 6.87. The molecule has 0 N–H and O–H groups in total. The number of hydrogen-bond acceptors (Lipinski definition) is 1. The molecule has 0 heterocycles. The molecule has 0 amide bonds. The van der Waals surface area contributed by atoms with Gasteiger partial charge in [-0.15, -0.1) is 12.6 Å². The summed E-state index contributed by atoms with van der Waals surface area (Å²) in [6.07, 6.45) is 0. The molecular formula is C26H22S. The third-order valence-electron chi connectivity index (χ3n) is 4.40. The summed E-state index contributed by atoms with van der Waals surface area (Å²) in [5.74, 6) is 13.0. The molecule has 0 atom stereocenters. The molecule has 0 radical (unpaired) electrons. The van der Waals surface area contributed by atoms with Crippen LogP contribution in [-0.2, 0) is 0 Å². The number of thiol groups is 1. The average molecular weight is 367 g/mol. The fourth-order valence-electron chi connectivity index (χ4n) is 3.00. The van der Waals surface area contributed by atoms with E-state index >= 15 is 0 Å². The van der Waals surface area contributed by atoms with Crippen molar-refractivity contribution in [3.63, 3.8) is 0 Å². The van der Waals surface area contributed by atoms with Crippen molar-refractivity contribution in [2.45, 2.75) is 32.6 Å². The first-order chi connectivity index (χ1) is 12.9. The summed E-state index contributed by atoms with van der Waals surface area (Å²) >= 11 is 4.61. The van der Waals surface area contributed by atoms with E-state index in [2.05, 4.69) is 88.3 Å². The molecule has 0 saturated carbocycles. The smallest absolute Gasteiger partial charge is 0.0383 e. The number of rotatable bonds is 0. The molecule has 1 heteroatoms. The Hall–Kier alpha value is -2.87. The normalized spacial score (nSPS) is 9.81. The van der Waals surface area contributed by atoms with Crippen LogP contribution in [0.3, 0.4) is 0 Å². The fraction of sp³-hybridized carbons (Fsp3) is 0.154. The number of benzene rings is 3. The number of aryl methyl sites for hydroxylation is 4. The molecule has 3 aromatic carbocycles. The molecule has 0 aliphatic carbocycles. The highest BCUT2D eigenvalue weighted by atomic mass is 32.1. The fourth-order valence-corrected chi connectivity index (χ4v) is 3.27. The van der Waals surface area contributed by atoms with Gasteiger partial charge in [0.1, 0.15) is 0 Å². The Morgan fingerprint density at radius 3 is 1.81 bits per heavy atom. The highest BCUT2D eigenvalue weighted by Crippen LogP contribution is 2.18. The van der Waals surface area contributed by atoms with Gasteiger partial charge in [-0.05, 0) is 69.2 Å². The third kappa shape index (κ3) is 4.85. The predicted molar refractivity (Wildman–Crippen MR) is 117 cm³/mol. The van der Waals surface area contributed by atoms with Crippen LogP contribution in [0.5, 0.6) is 0 Å². The second kappa shape index (κ2) is 8.22. The van der Waals surface area contributed by atoms with Crippen molar-refractivity contribution >= 4 is 12.6 Å². The SMILES string of the molecule is Cc1ccc(C#Cc2ccc(C#Cc3c(C)cc(C)cc3C)c(S)c2)cc1. The van der Waals surface area contributed by atoms with Crippen LogP contribution in [0.25, 0.3) is 0 Å². The van der Waals surface area contributed by atoms with Crippen LogP contribution in [0.1, 0.15) is 44.5 Å². The average Bonchev–Trinajstić information content (AvgIpc) is 2.61. The highest BCUT2D eigenvalue weighted by Gasteiger charge is 2.01. The van der Waals surface area contributed by atoms with Crippen LogP contribution in [-0.4, -0.2) is 0 Å². The van der Waals surface area contributed by atoms with E-state index in [0.717, 1.165) is 27.1 Å². The molecule has 0 aliphatic rings. The Morgan fingerprint density at radius 1 is 0.593 bits per heavy atom. The number of hydrogen-bond donors (Lipinski definition) is 1. The molecule has 0 fully saturated rings. The Balaban J connectivity index is 1.86. The van der Waals surface area contributed by atoms with Crippen LogP contribution in [0, 0.1) is 51.4 Å². The first-order valence-corrected chi connectivity index (χ1v) is 9.38. The van der Waals surface area contributed by atoms with E-state index in [-0.39, 0.29) is 0 Å². The van der Waals surface area contributed by atoms with Gasteiger partial charge < -0.3 is 0 Å². The van der Waals surface area contributed by atoms with Gasteiger partial charge in [0, 0.05) is 27.1 Å². The lowest BCUT2D eigenvalue weighted by molar-refractivity contribution is 1.29. The summed E-state index contributed by atoms with van der Waals surface area (Å²) in [5, 5.41) is 0. The molecule has 132 valence electrons. The molecule has 0 saturated heterocycles. The topological polar surface area (TPSA) is 0 Å². The third-order valence-corrected chi connectivity index (χ3v) is 4.77. The van der Waals surface area contributed by atoms with Gasteiger partial charge in [0.15, 0.2) is 0 Å². The van der Waals surface area contributed by atoms with Crippen LogP contribution < -0.4 is 0 Å². The molecule has 0 aliphatic heterocycles. The molecular weight excluding hydrogens is 344 g/mol. The molecule has 3 rings (SSSR count). The van der Waals surface area contributed by atoms with Crippen molar-refractivity contribution < 1.29 is 0 Å². The molecule has 0 spiro atoms. The van der Waals surface area contributed by atoms with Crippen LogP contribution in [0.4, 0.5) is 0 Å². The van der Waals surface area contributed by atoms with Crippen LogP contribution in [0.2, 0.25) is 0 Å². The summed E-state index contributed by atoms with van der Waals surface area (Å²) in [6.45, 7) is 8.40. The van der Waals surface area contributed by atoms with Gasteiger partial charge in [-0.3, -0.25) is 0 Å². The van der Waals surface area contributed by atoms with E-state index in [1.807, 2.05) is 30.3 Å². The monoisotopic (exact) mass is 366 g/mol. The second-order valence-corrected chi connectivity index (χ2v) is 7.35. The standard InChI is InChI=1S/C26H22S/c1-18-5-7-22(8-6-18)9-10-23-11-12-24(26(27)17-23)13-14-25-20(3)15-19(2)16-21(25)4/h5-8,11-12,15-17,27H,1-4H3. The molecule has 0 unspecified atom stereocenters. The lowest BCUT2D eigenvalue weighted by atomic mass is 10.00. The highest BCUT2D eigenvalue weighted by molar-refractivity contribution is 7.80. The van der Waals surface area contributed by atoms with Crippen LogP contribution >= 0.6 is 12.6 Å². The molecule has 0 nitrogen and oxygen atoms in total. The molecule has 0 bridgehead atoms. The Bertz CT molecular complexity index is 1090. The lowest BCUT2D eigenvalue weighted by Gasteiger charge is -2.05. The maximum Gasteiger partial charge on any atom is 0.0383 e. The van der Waals surface area contributed by atoms with Gasteiger partial charge in [-0.1, -0.05) is 59.1 Å². The van der Waals surface area contributed by atoms with Crippen LogP contribution in [0.15, 0.2) is 59.5 Å². The first-order valence-electron chi connectivity index (χ1n) is 8.94.